The van der Waals surface area contributed by atoms with Crippen LogP contribution in [0.2, 0.25) is 0 Å². The Balaban J connectivity index is 1.13. The molecule has 3 heterocycles. The van der Waals surface area contributed by atoms with Crippen molar-refractivity contribution in [3.05, 3.63) is 212 Å². The van der Waals surface area contributed by atoms with Crippen molar-refractivity contribution in [3.63, 3.8) is 0 Å². The zero-order valence-corrected chi connectivity index (χ0v) is 31.0. The molecule has 0 aliphatic carbocycles. The fourth-order valence-electron chi connectivity index (χ4n) is 8.43. The Hall–Kier alpha value is -7.69. The molecule has 0 saturated heterocycles. The Bertz CT molecular complexity index is 3180. The lowest BCUT2D eigenvalue weighted by molar-refractivity contribution is 0.668. The Labute approximate surface area is 330 Å². The Kier molecular flexibility index (Phi) is 7.78. The smallest absolute Gasteiger partial charge is 0.153 e. The van der Waals surface area contributed by atoms with E-state index in [1.807, 2.05) is 18.3 Å². The van der Waals surface area contributed by atoms with Gasteiger partial charge in [0.1, 0.15) is 11.1 Å². The van der Waals surface area contributed by atoms with Gasteiger partial charge in [0.15, 0.2) is 5.58 Å². The van der Waals surface area contributed by atoms with E-state index in [2.05, 4.69) is 209 Å². The first-order chi connectivity index (χ1) is 28.3. The van der Waals surface area contributed by atoms with E-state index in [1.165, 1.54) is 32.9 Å². The van der Waals surface area contributed by atoms with E-state index in [-0.39, 0.29) is 0 Å². The van der Waals surface area contributed by atoms with Crippen LogP contribution in [0.15, 0.2) is 217 Å². The standard InChI is InChI=1S/C53H35N3O/c1-3-14-36(15-4-1)37-25-28-40(29-26-37)55(41-30-31-45-52(35-41)57-51-24-13-33-54-53(45)51)50-32-27-39(34-46(50)38-16-5-2-6-17-38)42-18-7-10-21-47(42)56-48-22-11-8-19-43(48)44-20-9-12-23-49(44)56/h1-35H. The van der Waals surface area contributed by atoms with Crippen molar-refractivity contribution < 1.29 is 4.42 Å². The van der Waals surface area contributed by atoms with Gasteiger partial charge in [0.25, 0.3) is 0 Å². The van der Waals surface area contributed by atoms with Crippen molar-refractivity contribution in [2.24, 2.45) is 0 Å². The zero-order valence-electron chi connectivity index (χ0n) is 31.0. The molecule has 0 radical (unpaired) electrons. The van der Waals surface area contributed by atoms with Gasteiger partial charge in [0.2, 0.25) is 0 Å². The van der Waals surface area contributed by atoms with E-state index in [0.717, 1.165) is 67.1 Å². The normalized spacial score (nSPS) is 11.5. The van der Waals surface area contributed by atoms with Crippen LogP contribution < -0.4 is 4.90 Å². The van der Waals surface area contributed by atoms with Gasteiger partial charge in [-0.05, 0) is 89.0 Å². The number of rotatable bonds is 7. The van der Waals surface area contributed by atoms with Gasteiger partial charge in [-0.2, -0.15) is 0 Å². The monoisotopic (exact) mass is 729 g/mol. The summed E-state index contributed by atoms with van der Waals surface area (Å²) in [6, 6.07) is 73.5. The Morgan fingerprint density at radius 1 is 0.404 bits per heavy atom. The second-order valence-corrected chi connectivity index (χ2v) is 14.4. The molecule has 0 unspecified atom stereocenters. The van der Waals surface area contributed by atoms with Crippen LogP contribution in [0.4, 0.5) is 17.1 Å². The third kappa shape index (κ3) is 5.58. The number of anilines is 3. The minimum atomic E-state index is 0.777. The molecule has 0 saturated carbocycles. The molecule has 11 aromatic rings. The highest BCUT2D eigenvalue weighted by Gasteiger charge is 2.22. The highest BCUT2D eigenvalue weighted by atomic mass is 16.3. The van der Waals surface area contributed by atoms with Gasteiger partial charge in [0.05, 0.1) is 22.4 Å². The molecule has 0 N–H and O–H groups in total. The Morgan fingerprint density at radius 2 is 1.02 bits per heavy atom. The molecule has 4 nitrogen and oxygen atoms in total. The fraction of sp³-hybridized carbons (Fsp3) is 0. The van der Waals surface area contributed by atoms with Crippen LogP contribution in [-0.2, 0) is 0 Å². The molecule has 268 valence electrons. The van der Waals surface area contributed by atoms with E-state index in [0.29, 0.717) is 0 Å². The van der Waals surface area contributed by atoms with Crippen molar-refractivity contribution in [1.29, 1.82) is 0 Å². The molecule has 4 heteroatoms. The van der Waals surface area contributed by atoms with Crippen LogP contribution in [0.25, 0.3) is 82.9 Å². The average molecular weight is 730 g/mol. The maximum absolute atomic E-state index is 6.40. The summed E-state index contributed by atoms with van der Waals surface area (Å²) < 4.78 is 8.81. The predicted molar refractivity (Wildman–Crippen MR) is 237 cm³/mol. The maximum atomic E-state index is 6.40. The van der Waals surface area contributed by atoms with E-state index in [4.69, 9.17) is 4.42 Å². The van der Waals surface area contributed by atoms with Crippen molar-refractivity contribution in [1.82, 2.24) is 9.55 Å². The SMILES string of the molecule is c1ccc(-c2ccc(N(c3ccc4c(c3)oc3cccnc34)c3ccc(-c4ccccc4-n4c5ccccc5c5ccccc54)cc3-c3ccccc3)cc2)cc1. The second kappa shape index (κ2) is 13.6. The fourth-order valence-corrected chi connectivity index (χ4v) is 8.43. The number of fused-ring (bicyclic) bond motifs is 6. The Morgan fingerprint density at radius 3 is 1.77 bits per heavy atom. The number of aromatic nitrogens is 2. The van der Waals surface area contributed by atoms with Gasteiger partial charge in [-0.3, -0.25) is 4.98 Å². The summed E-state index contributed by atoms with van der Waals surface area (Å²) >= 11 is 0. The van der Waals surface area contributed by atoms with Crippen molar-refractivity contribution >= 4 is 60.9 Å². The van der Waals surface area contributed by atoms with Crippen molar-refractivity contribution in [2.75, 3.05) is 4.90 Å². The highest BCUT2D eigenvalue weighted by Crippen LogP contribution is 2.45. The molecule has 8 aromatic carbocycles. The van der Waals surface area contributed by atoms with E-state index < -0.39 is 0 Å². The molecule has 0 aliphatic heterocycles. The average Bonchev–Trinajstić information content (AvgIpc) is 3.83. The van der Waals surface area contributed by atoms with Crippen molar-refractivity contribution in [3.8, 4) is 39.1 Å². The van der Waals surface area contributed by atoms with Gasteiger partial charge in [-0.15, -0.1) is 0 Å². The van der Waals surface area contributed by atoms with Gasteiger partial charge in [-0.25, -0.2) is 0 Å². The van der Waals surface area contributed by atoms with Gasteiger partial charge in [-0.1, -0.05) is 133 Å². The van der Waals surface area contributed by atoms with Crippen LogP contribution in [0.3, 0.4) is 0 Å². The molecule has 0 bridgehead atoms. The molecular formula is C53H35N3O. The predicted octanol–water partition coefficient (Wildman–Crippen LogP) is 14.5. The quantitative estimate of drug-likeness (QED) is 0.164. The zero-order chi connectivity index (χ0) is 37.7. The molecule has 0 aliphatic rings. The molecule has 57 heavy (non-hydrogen) atoms. The maximum Gasteiger partial charge on any atom is 0.153 e. The molecule has 11 rings (SSSR count). The third-order valence-electron chi connectivity index (χ3n) is 11.1. The highest BCUT2D eigenvalue weighted by molar-refractivity contribution is 6.10. The van der Waals surface area contributed by atoms with Crippen LogP contribution in [0.1, 0.15) is 0 Å². The van der Waals surface area contributed by atoms with Crippen molar-refractivity contribution in [2.45, 2.75) is 0 Å². The van der Waals surface area contributed by atoms with E-state index in [9.17, 15) is 0 Å². The van der Waals surface area contributed by atoms with Crippen LogP contribution in [0.5, 0.6) is 0 Å². The minimum Gasteiger partial charge on any atom is -0.454 e. The van der Waals surface area contributed by atoms with Crippen LogP contribution in [-0.4, -0.2) is 9.55 Å². The summed E-state index contributed by atoms with van der Waals surface area (Å²) in [4.78, 5) is 6.99. The molecule has 0 atom stereocenters. The van der Waals surface area contributed by atoms with E-state index in [1.54, 1.807) is 0 Å². The molecule has 0 fully saturated rings. The van der Waals surface area contributed by atoms with E-state index >= 15 is 0 Å². The first-order valence-electron chi connectivity index (χ1n) is 19.3. The van der Waals surface area contributed by atoms with Crippen LogP contribution in [0, 0.1) is 0 Å². The summed E-state index contributed by atoms with van der Waals surface area (Å²) in [5.41, 5.74) is 15.9. The van der Waals surface area contributed by atoms with Crippen LogP contribution >= 0.6 is 0 Å². The lowest BCUT2D eigenvalue weighted by Gasteiger charge is -2.28. The first kappa shape index (κ1) is 32.7. The second-order valence-electron chi connectivity index (χ2n) is 14.4. The number of para-hydroxylation sites is 3. The number of pyridine rings is 1. The van der Waals surface area contributed by atoms with Gasteiger partial charge >= 0.3 is 0 Å². The number of furan rings is 1. The van der Waals surface area contributed by atoms with Gasteiger partial charge < -0.3 is 13.9 Å². The number of hydrogen-bond acceptors (Lipinski definition) is 3. The number of benzene rings is 8. The summed E-state index contributed by atoms with van der Waals surface area (Å²) in [5, 5.41) is 3.48. The summed E-state index contributed by atoms with van der Waals surface area (Å²) in [6.07, 6.45) is 1.82. The molecular weight excluding hydrogens is 695 g/mol. The summed E-state index contributed by atoms with van der Waals surface area (Å²) in [6.45, 7) is 0. The lowest BCUT2D eigenvalue weighted by Crippen LogP contribution is -2.11. The number of nitrogens with zero attached hydrogens (tertiary/aromatic N) is 3. The summed E-state index contributed by atoms with van der Waals surface area (Å²) in [5.74, 6) is 0. The van der Waals surface area contributed by atoms with Gasteiger partial charge in [0, 0.05) is 50.9 Å². The summed E-state index contributed by atoms with van der Waals surface area (Å²) in [7, 11) is 0. The topological polar surface area (TPSA) is 34.2 Å². The minimum absolute atomic E-state index is 0.777. The number of hydrogen-bond donors (Lipinski definition) is 0. The third-order valence-corrected chi connectivity index (χ3v) is 11.1. The first-order valence-corrected chi connectivity index (χ1v) is 19.3. The molecule has 3 aromatic heterocycles. The lowest BCUT2D eigenvalue weighted by atomic mass is 9.95. The largest absolute Gasteiger partial charge is 0.454 e. The molecule has 0 amide bonds. The molecule has 0 spiro atoms.